The van der Waals surface area contributed by atoms with E-state index in [0.29, 0.717) is 12.3 Å². The number of likely N-dealkylation sites (tertiary alicyclic amines) is 1. The lowest BCUT2D eigenvalue weighted by Crippen LogP contribution is -2.42. The van der Waals surface area contributed by atoms with Gasteiger partial charge in [-0.15, -0.1) is 0 Å². The lowest BCUT2D eigenvalue weighted by Gasteiger charge is -2.35. The molecule has 0 saturated carbocycles. The van der Waals surface area contributed by atoms with E-state index >= 15 is 0 Å². The zero-order chi connectivity index (χ0) is 17.5. The SMILES string of the molecule is CC1CCN(C(CNC(=O)COc2ccccc2)c2ccco2)CC1. The van der Waals surface area contributed by atoms with E-state index in [9.17, 15) is 4.79 Å². The van der Waals surface area contributed by atoms with E-state index < -0.39 is 0 Å². The molecule has 1 aliphatic rings. The van der Waals surface area contributed by atoms with E-state index in [2.05, 4.69) is 17.1 Å². The van der Waals surface area contributed by atoms with Crippen molar-refractivity contribution in [2.75, 3.05) is 26.2 Å². The molecule has 5 heteroatoms. The van der Waals surface area contributed by atoms with Crippen LogP contribution in [0.1, 0.15) is 31.6 Å². The van der Waals surface area contributed by atoms with Crippen molar-refractivity contribution in [2.24, 2.45) is 5.92 Å². The first kappa shape index (κ1) is 17.5. The Labute approximate surface area is 149 Å². The molecule has 1 unspecified atom stereocenters. The lowest BCUT2D eigenvalue weighted by molar-refractivity contribution is -0.123. The molecule has 0 bridgehead atoms. The summed E-state index contributed by atoms with van der Waals surface area (Å²) in [5, 5.41) is 2.98. The molecule has 2 heterocycles. The van der Waals surface area contributed by atoms with E-state index in [-0.39, 0.29) is 18.6 Å². The monoisotopic (exact) mass is 342 g/mol. The molecule has 25 heavy (non-hydrogen) atoms. The maximum absolute atomic E-state index is 12.1. The molecule has 1 aliphatic heterocycles. The maximum Gasteiger partial charge on any atom is 0.258 e. The van der Waals surface area contributed by atoms with Gasteiger partial charge in [-0.25, -0.2) is 0 Å². The molecule has 0 radical (unpaired) electrons. The van der Waals surface area contributed by atoms with Crippen molar-refractivity contribution in [2.45, 2.75) is 25.8 Å². The standard InChI is InChI=1S/C20H26N2O3/c1-16-9-11-22(12-10-16)18(19-8-5-13-24-19)14-21-20(23)15-25-17-6-3-2-4-7-17/h2-8,13,16,18H,9-12,14-15H2,1H3,(H,21,23). The zero-order valence-corrected chi connectivity index (χ0v) is 14.7. The molecule has 1 N–H and O–H groups in total. The minimum atomic E-state index is -0.120. The number of nitrogens with one attached hydrogen (secondary N) is 1. The van der Waals surface area contributed by atoms with Gasteiger partial charge in [0.1, 0.15) is 11.5 Å². The van der Waals surface area contributed by atoms with E-state index in [0.717, 1.165) is 24.8 Å². The quantitative estimate of drug-likeness (QED) is 0.839. The fourth-order valence-electron chi connectivity index (χ4n) is 3.16. The minimum absolute atomic E-state index is 0.0198. The number of hydrogen-bond donors (Lipinski definition) is 1. The summed E-state index contributed by atoms with van der Waals surface area (Å²) in [6.07, 6.45) is 4.06. The number of furan rings is 1. The van der Waals surface area contributed by atoms with Gasteiger partial charge in [-0.3, -0.25) is 9.69 Å². The molecule has 2 aromatic rings. The number of benzene rings is 1. The normalized spacial score (nSPS) is 17.2. The molecule has 0 aliphatic carbocycles. The van der Waals surface area contributed by atoms with Crippen LogP contribution in [0, 0.1) is 5.92 Å². The lowest BCUT2D eigenvalue weighted by atomic mass is 9.97. The van der Waals surface area contributed by atoms with E-state index in [1.807, 2.05) is 42.5 Å². The first-order chi connectivity index (χ1) is 12.2. The second kappa shape index (κ2) is 8.72. The van der Waals surface area contributed by atoms with Crippen LogP contribution in [0.25, 0.3) is 0 Å². The van der Waals surface area contributed by atoms with Gasteiger partial charge in [-0.05, 0) is 56.1 Å². The van der Waals surface area contributed by atoms with Crippen LogP contribution in [-0.4, -0.2) is 37.0 Å². The Morgan fingerprint density at radius 3 is 2.68 bits per heavy atom. The summed E-state index contributed by atoms with van der Waals surface area (Å²) in [6.45, 7) is 4.90. The molecule has 134 valence electrons. The third kappa shape index (κ3) is 5.10. The molecule has 1 aromatic heterocycles. The summed E-state index contributed by atoms with van der Waals surface area (Å²) in [5.41, 5.74) is 0. The van der Waals surface area contributed by atoms with Crippen LogP contribution >= 0.6 is 0 Å². The Morgan fingerprint density at radius 2 is 2.00 bits per heavy atom. The van der Waals surface area contributed by atoms with E-state index in [1.165, 1.54) is 12.8 Å². The number of nitrogens with zero attached hydrogens (tertiary/aromatic N) is 1. The van der Waals surface area contributed by atoms with Gasteiger partial charge in [-0.1, -0.05) is 25.1 Å². The molecule has 1 atom stereocenters. The van der Waals surface area contributed by atoms with Gasteiger partial charge in [0, 0.05) is 6.54 Å². The van der Waals surface area contributed by atoms with Crippen molar-refractivity contribution < 1.29 is 13.9 Å². The number of carbonyl (C=O) groups excluding carboxylic acids is 1. The number of para-hydroxylation sites is 1. The highest BCUT2D eigenvalue weighted by atomic mass is 16.5. The predicted octanol–water partition coefficient (Wildman–Crippen LogP) is 3.25. The smallest absolute Gasteiger partial charge is 0.258 e. The molecule has 3 rings (SSSR count). The summed E-state index contributed by atoms with van der Waals surface area (Å²) in [5.74, 6) is 2.25. The van der Waals surface area contributed by atoms with Gasteiger partial charge in [0.05, 0.1) is 12.3 Å². The van der Waals surface area contributed by atoms with Crippen molar-refractivity contribution in [3.63, 3.8) is 0 Å². The van der Waals surface area contributed by atoms with Crippen molar-refractivity contribution in [1.82, 2.24) is 10.2 Å². The summed E-state index contributed by atoms with van der Waals surface area (Å²) in [4.78, 5) is 14.5. The summed E-state index contributed by atoms with van der Waals surface area (Å²) in [7, 11) is 0. The maximum atomic E-state index is 12.1. The first-order valence-corrected chi connectivity index (χ1v) is 8.94. The van der Waals surface area contributed by atoms with Gasteiger partial charge in [0.15, 0.2) is 6.61 Å². The Kier molecular flexibility index (Phi) is 6.12. The Hall–Kier alpha value is -2.27. The largest absolute Gasteiger partial charge is 0.484 e. The van der Waals surface area contributed by atoms with Crippen LogP contribution < -0.4 is 10.1 Å². The van der Waals surface area contributed by atoms with E-state index in [1.54, 1.807) is 6.26 Å². The number of piperidine rings is 1. The van der Waals surface area contributed by atoms with Crippen LogP contribution in [0.4, 0.5) is 0 Å². The summed E-state index contributed by atoms with van der Waals surface area (Å²) < 4.78 is 11.1. The minimum Gasteiger partial charge on any atom is -0.484 e. The second-order valence-electron chi connectivity index (χ2n) is 6.66. The van der Waals surface area contributed by atoms with Gasteiger partial charge in [0.2, 0.25) is 0 Å². The molecule has 0 spiro atoms. The first-order valence-electron chi connectivity index (χ1n) is 8.94. The van der Waals surface area contributed by atoms with Crippen molar-refractivity contribution in [3.8, 4) is 5.75 Å². The third-order valence-electron chi connectivity index (χ3n) is 4.74. The van der Waals surface area contributed by atoms with Crippen molar-refractivity contribution in [3.05, 3.63) is 54.5 Å². The number of carbonyl (C=O) groups is 1. The fraction of sp³-hybridized carbons (Fsp3) is 0.450. The Balaban J connectivity index is 1.52. The Bertz CT molecular complexity index is 634. The highest BCUT2D eigenvalue weighted by Gasteiger charge is 2.26. The molecule has 1 saturated heterocycles. The van der Waals surface area contributed by atoms with Gasteiger partial charge in [0.25, 0.3) is 5.91 Å². The van der Waals surface area contributed by atoms with Crippen molar-refractivity contribution in [1.29, 1.82) is 0 Å². The molecule has 1 fully saturated rings. The van der Waals surface area contributed by atoms with Gasteiger partial charge < -0.3 is 14.5 Å². The fourth-order valence-corrected chi connectivity index (χ4v) is 3.16. The predicted molar refractivity (Wildman–Crippen MR) is 96.4 cm³/mol. The molecular weight excluding hydrogens is 316 g/mol. The average molecular weight is 342 g/mol. The van der Waals surface area contributed by atoms with Crippen molar-refractivity contribution >= 4 is 5.91 Å². The average Bonchev–Trinajstić information content (AvgIpc) is 3.17. The van der Waals surface area contributed by atoms with Crippen LogP contribution in [0.15, 0.2) is 53.1 Å². The van der Waals surface area contributed by atoms with E-state index in [4.69, 9.17) is 9.15 Å². The third-order valence-corrected chi connectivity index (χ3v) is 4.74. The van der Waals surface area contributed by atoms with Gasteiger partial charge in [-0.2, -0.15) is 0 Å². The number of rotatable bonds is 7. The van der Waals surface area contributed by atoms with Gasteiger partial charge >= 0.3 is 0 Å². The zero-order valence-electron chi connectivity index (χ0n) is 14.7. The summed E-state index contributed by atoms with van der Waals surface area (Å²) in [6, 6.07) is 13.3. The number of hydrogen-bond acceptors (Lipinski definition) is 4. The van der Waals surface area contributed by atoms with Crippen LogP contribution in [0.5, 0.6) is 5.75 Å². The summed E-state index contributed by atoms with van der Waals surface area (Å²) >= 11 is 0. The highest BCUT2D eigenvalue weighted by molar-refractivity contribution is 5.77. The number of amides is 1. The molecule has 5 nitrogen and oxygen atoms in total. The molecule has 1 aromatic carbocycles. The highest BCUT2D eigenvalue weighted by Crippen LogP contribution is 2.26. The molecule has 1 amide bonds. The topological polar surface area (TPSA) is 54.7 Å². The van der Waals surface area contributed by atoms with Crippen LogP contribution in [0.3, 0.4) is 0 Å². The van der Waals surface area contributed by atoms with Crippen LogP contribution in [-0.2, 0) is 4.79 Å². The number of ether oxygens (including phenoxy) is 1. The molecular formula is C20H26N2O3. The second-order valence-corrected chi connectivity index (χ2v) is 6.66. The Morgan fingerprint density at radius 1 is 1.24 bits per heavy atom. The van der Waals surface area contributed by atoms with Crippen LogP contribution in [0.2, 0.25) is 0 Å².